The zero-order chi connectivity index (χ0) is 10.2. The molecule has 1 heterocycles. The van der Waals surface area contributed by atoms with E-state index in [1.807, 2.05) is 0 Å². The lowest BCUT2D eigenvalue weighted by atomic mass is 9.76. The molecule has 0 aromatic heterocycles. The highest BCUT2D eigenvalue weighted by atomic mass is 15.0. The van der Waals surface area contributed by atoms with E-state index in [1.165, 1.54) is 17.5 Å². The Morgan fingerprint density at radius 3 is 2.79 bits per heavy atom. The Morgan fingerprint density at radius 1 is 1.43 bits per heavy atom. The molecule has 1 aromatic rings. The van der Waals surface area contributed by atoms with E-state index in [0.29, 0.717) is 11.5 Å². The highest BCUT2D eigenvalue weighted by Gasteiger charge is 2.36. The van der Waals surface area contributed by atoms with Crippen LogP contribution < -0.4 is 5.32 Å². The van der Waals surface area contributed by atoms with Crippen molar-refractivity contribution in [3.63, 3.8) is 0 Å². The van der Waals surface area contributed by atoms with E-state index in [0.717, 1.165) is 6.54 Å². The minimum atomic E-state index is 0.325. The molecule has 0 spiro atoms. The molecule has 1 nitrogen and oxygen atoms in total. The second-order valence-corrected chi connectivity index (χ2v) is 4.71. The molecule has 2 rings (SSSR count). The van der Waals surface area contributed by atoms with Gasteiger partial charge in [0.1, 0.15) is 0 Å². The molecule has 1 fully saturated rings. The standard InChI is InChI=1S/C13H19N/c1-10-5-4-6-12(9-10)13(3)7-8-14-11(13)2/h4-6,9,11,14H,7-8H2,1-3H3. The summed E-state index contributed by atoms with van der Waals surface area (Å²) in [6.45, 7) is 7.97. The van der Waals surface area contributed by atoms with Gasteiger partial charge in [0.05, 0.1) is 0 Å². The van der Waals surface area contributed by atoms with Gasteiger partial charge in [0.25, 0.3) is 0 Å². The SMILES string of the molecule is Cc1cccc(C2(C)CCNC2C)c1. The molecule has 1 N–H and O–H groups in total. The van der Waals surface area contributed by atoms with Crippen molar-refractivity contribution in [1.29, 1.82) is 0 Å². The Hall–Kier alpha value is -0.820. The predicted octanol–water partition coefficient (Wildman–Crippen LogP) is 2.63. The number of benzene rings is 1. The summed E-state index contributed by atoms with van der Waals surface area (Å²) in [6, 6.07) is 9.50. The van der Waals surface area contributed by atoms with Gasteiger partial charge in [-0.15, -0.1) is 0 Å². The van der Waals surface area contributed by atoms with Crippen molar-refractivity contribution < 1.29 is 0 Å². The second kappa shape index (κ2) is 3.39. The maximum absolute atomic E-state index is 3.53. The predicted molar refractivity (Wildman–Crippen MR) is 60.6 cm³/mol. The van der Waals surface area contributed by atoms with E-state index in [-0.39, 0.29) is 0 Å². The average Bonchev–Trinajstić information content (AvgIpc) is 2.49. The van der Waals surface area contributed by atoms with Crippen LogP contribution in [0.1, 0.15) is 31.4 Å². The number of hydrogen-bond acceptors (Lipinski definition) is 1. The normalized spacial score (nSPS) is 32.1. The summed E-state index contributed by atoms with van der Waals surface area (Å²) in [6.07, 6.45) is 1.25. The lowest BCUT2D eigenvalue weighted by Gasteiger charge is -2.29. The third kappa shape index (κ3) is 1.46. The van der Waals surface area contributed by atoms with Crippen molar-refractivity contribution in [1.82, 2.24) is 5.32 Å². The van der Waals surface area contributed by atoms with Gasteiger partial charge in [0.2, 0.25) is 0 Å². The first-order chi connectivity index (χ1) is 6.63. The third-order valence-corrected chi connectivity index (χ3v) is 3.73. The molecule has 14 heavy (non-hydrogen) atoms. The molecule has 2 unspecified atom stereocenters. The van der Waals surface area contributed by atoms with Crippen LogP contribution in [0.2, 0.25) is 0 Å². The van der Waals surface area contributed by atoms with Gasteiger partial charge < -0.3 is 5.32 Å². The number of hydrogen-bond donors (Lipinski definition) is 1. The van der Waals surface area contributed by atoms with Gasteiger partial charge in [-0.2, -0.15) is 0 Å². The van der Waals surface area contributed by atoms with Crippen molar-refractivity contribution in [2.75, 3.05) is 6.54 Å². The molecule has 1 aromatic carbocycles. The summed E-state index contributed by atoms with van der Waals surface area (Å²) in [5.74, 6) is 0. The van der Waals surface area contributed by atoms with Crippen LogP contribution in [0.15, 0.2) is 24.3 Å². The van der Waals surface area contributed by atoms with E-state index >= 15 is 0 Å². The molecule has 2 atom stereocenters. The fourth-order valence-electron chi connectivity index (χ4n) is 2.38. The summed E-state index contributed by atoms with van der Waals surface area (Å²) in [5, 5.41) is 3.53. The number of nitrogens with one attached hydrogen (secondary N) is 1. The first-order valence-electron chi connectivity index (χ1n) is 5.43. The van der Waals surface area contributed by atoms with Gasteiger partial charge in [0, 0.05) is 11.5 Å². The van der Waals surface area contributed by atoms with Gasteiger partial charge in [-0.3, -0.25) is 0 Å². The molecular formula is C13H19N. The first-order valence-corrected chi connectivity index (χ1v) is 5.43. The molecule has 0 saturated carbocycles. The topological polar surface area (TPSA) is 12.0 Å². The van der Waals surface area contributed by atoms with Crippen LogP contribution in [-0.2, 0) is 5.41 Å². The molecule has 0 amide bonds. The highest BCUT2D eigenvalue weighted by molar-refractivity contribution is 5.31. The van der Waals surface area contributed by atoms with Crippen molar-refractivity contribution in [3.8, 4) is 0 Å². The fourth-order valence-corrected chi connectivity index (χ4v) is 2.38. The minimum Gasteiger partial charge on any atom is -0.313 e. The van der Waals surface area contributed by atoms with Crippen molar-refractivity contribution >= 4 is 0 Å². The average molecular weight is 189 g/mol. The molecular weight excluding hydrogens is 170 g/mol. The van der Waals surface area contributed by atoms with Gasteiger partial charge in [-0.25, -0.2) is 0 Å². The highest BCUT2D eigenvalue weighted by Crippen LogP contribution is 2.34. The third-order valence-electron chi connectivity index (χ3n) is 3.73. The van der Waals surface area contributed by atoms with Gasteiger partial charge in [-0.1, -0.05) is 36.8 Å². The largest absolute Gasteiger partial charge is 0.313 e. The van der Waals surface area contributed by atoms with Crippen LogP contribution in [0.3, 0.4) is 0 Å². The van der Waals surface area contributed by atoms with Gasteiger partial charge >= 0.3 is 0 Å². The number of aryl methyl sites for hydroxylation is 1. The molecule has 0 bridgehead atoms. The zero-order valence-corrected chi connectivity index (χ0v) is 9.30. The van der Waals surface area contributed by atoms with E-state index in [1.54, 1.807) is 0 Å². The summed E-state index contributed by atoms with van der Waals surface area (Å²) in [5.41, 5.74) is 3.17. The second-order valence-electron chi connectivity index (χ2n) is 4.71. The van der Waals surface area contributed by atoms with E-state index in [2.05, 4.69) is 50.4 Å². The minimum absolute atomic E-state index is 0.325. The van der Waals surface area contributed by atoms with Crippen LogP contribution in [0.5, 0.6) is 0 Å². The van der Waals surface area contributed by atoms with Crippen LogP contribution in [0.25, 0.3) is 0 Å². The van der Waals surface area contributed by atoms with Crippen molar-refractivity contribution in [3.05, 3.63) is 35.4 Å². The quantitative estimate of drug-likeness (QED) is 0.716. The molecule has 0 radical (unpaired) electrons. The van der Waals surface area contributed by atoms with E-state index in [9.17, 15) is 0 Å². The molecule has 76 valence electrons. The molecule has 1 aliphatic heterocycles. The maximum Gasteiger partial charge on any atom is 0.0133 e. The van der Waals surface area contributed by atoms with Crippen molar-refractivity contribution in [2.45, 2.75) is 38.6 Å². The summed E-state index contributed by atoms with van der Waals surface area (Å²) in [4.78, 5) is 0. The summed E-state index contributed by atoms with van der Waals surface area (Å²) < 4.78 is 0. The molecule has 1 saturated heterocycles. The Morgan fingerprint density at radius 2 is 2.21 bits per heavy atom. The Kier molecular flexibility index (Phi) is 2.36. The monoisotopic (exact) mass is 189 g/mol. The number of rotatable bonds is 1. The lowest BCUT2D eigenvalue weighted by molar-refractivity contribution is 0.427. The lowest BCUT2D eigenvalue weighted by Crippen LogP contribution is -2.35. The van der Waals surface area contributed by atoms with Crippen LogP contribution in [0, 0.1) is 6.92 Å². The Bertz CT molecular complexity index is 332. The summed E-state index contributed by atoms with van der Waals surface area (Å²) >= 11 is 0. The van der Waals surface area contributed by atoms with Crippen LogP contribution in [0.4, 0.5) is 0 Å². The summed E-state index contributed by atoms with van der Waals surface area (Å²) in [7, 11) is 0. The van der Waals surface area contributed by atoms with Crippen LogP contribution >= 0.6 is 0 Å². The smallest absolute Gasteiger partial charge is 0.0133 e. The Labute approximate surface area is 86.5 Å². The zero-order valence-electron chi connectivity index (χ0n) is 9.30. The molecule has 0 aliphatic carbocycles. The van der Waals surface area contributed by atoms with Crippen molar-refractivity contribution in [2.24, 2.45) is 0 Å². The van der Waals surface area contributed by atoms with Gasteiger partial charge in [0.15, 0.2) is 0 Å². The molecule has 1 aliphatic rings. The maximum atomic E-state index is 3.53. The van der Waals surface area contributed by atoms with E-state index < -0.39 is 0 Å². The first kappa shape index (κ1) is 9.72. The van der Waals surface area contributed by atoms with E-state index in [4.69, 9.17) is 0 Å². The van der Waals surface area contributed by atoms with Gasteiger partial charge in [-0.05, 0) is 32.4 Å². The fraction of sp³-hybridized carbons (Fsp3) is 0.538. The Balaban J connectivity index is 2.38. The van der Waals surface area contributed by atoms with Crippen LogP contribution in [-0.4, -0.2) is 12.6 Å². The molecule has 1 heteroatoms.